The van der Waals surface area contributed by atoms with E-state index in [1.807, 2.05) is 0 Å². The molecule has 2 N–H and O–H groups in total. The summed E-state index contributed by atoms with van der Waals surface area (Å²) < 4.78 is 0. The molecule has 0 amide bonds. The zero-order valence-corrected chi connectivity index (χ0v) is 17.6. The summed E-state index contributed by atoms with van der Waals surface area (Å²) in [6, 6.07) is 8.74. The standard InChI is InChI=1S/C18H32N4.HI/c1-6-19-18(20-12-7-13-22(4)5)21-14-16(3)17-10-8-15(2)9-11-17;/h8-11,16H,6-7,12-14H2,1-5H3,(H2,19,20,21);1H. The molecule has 0 aliphatic carbocycles. The molecule has 0 heterocycles. The molecule has 0 saturated heterocycles. The van der Waals surface area contributed by atoms with E-state index in [9.17, 15) is 0 Å². The maximum atomic E-state index is 4.71. The largest absolute Gasteiger partial charge is 0.357 e. The van der Waals surface area contributed by atoms with E-state index in [1.54, 1.807) is 0 Å². The zero-order valence-electron chi connectivity index (χ0n) is 15.2. The third-order valence-electron chi connectivity index (χ3n) is 3.59. The molecule has 23 heavy (non-hydrogen) atoms. The van der Waals surface area contributed by atoms with E-state index < -0.39 is 0 Å². The van der Waals surface area contributed by atoms with Crippen molar-refractivity contribution >= 4 is 29.9 Å². The molecule has 1 rings (SSSR count). The maximum Gasteiger partial charge on any atom is 0.191 e. The summed E-state index contributed by atoms with van der Waals surface area (Å²) in [7, 11) is 4.20. The lowest BCUT2D eigenvalue weighted by Crippen LogP contribution is -2.38. The Morgan fingerprint density at radius 2 is 1.83 bits per heavy atom. The fraction of sp³-hybridized carbons (Fsp3) is 0.611. The molecule has 0 radical (unpaired) electrons. The van der Waals surface area contributed by atoms with Crippen LogP contribution in [0.25, 0.3) is 0 Å². The highest BCUT2D eigenvalue weighted by Crippen LogP contribution is 2.15. The fourth-order valence-electron chi connectivity index (χ4n) is 2.17. The van der Waals surface area contributed by atoms with Crippen LogP contribution in [0.3, 0.4) is 0 Å². The van der Waals surface area contributed by atoms with Gasteiger partial charge < -0.3 is 15.5 Å². The molecule has 0 spiro atoms. The van der Waals surface area contributed by atoms with Gasteiger partial charge in [0.15, 0.2) is 5.96 Å². The number of rotatable bonds is 8. The summed E-state index contributed by atoms with van der Waals surface area (Å²) >= 11 is 0. The van der Waals surface area contributed by atoms with E-state index in [0.717, 1.165) is 38.6 Å². The molecule has 4 nitrogen and oxygen atoms in total. The summed E-state index contributed by atoms with van der Waals surface area (Å²) in [5.74, 6) is 1.35. The van der Waals surface area contributed by atoms with Crippen LogP contribution < -0.4 is 10.6 Å². The second-order valence-electron chi connectivity index (χ2n) is 6.11. The lowest BCUT2D eigenvalue weighted by Gasteiger charge is -2.15. The van der Waals surface area contributed by atoms with Crippen LogP contribution in [0.5, 0.6) is 0 Å². The lowest BCUT2D eigenvalue weighted by molar-refractivity contribution is 0.399. The zero-order chi connectivity index (χ0) is 16.4. The normalized spacial score (nSPS) is 12.7. The summed E-state index contributed by atoms with van der Waals surface area (Å²) in [4.78, 5) is 6.91. The molecule has 1 aromatic rings. The number of nitrogens with one attached hydrogen (secondary N) is 2. The molecule has 132 valence electrons. The van der Waals surface area contributed by atoms with Crippen molar-refractivity contribution in [3.05, 3.63) is 35.4 Å². The number of hydrogen-bond donors (Lipinski definition) is 2. The quantitative estimate of drug-likeness (QED) is 0.287. The lowest BCUT2D eigenvalue weighted by atomic mass is 10.0. The number of halogens is 1. The summed E-state index contributed by atoms with van der Waals surface area (Å²) in [5, 5.41) is 6.72. The van der Waals surface area contributed by atoms with Crippen molar-refractivity contribution in [3.63, 3.8) is 0 Å². The van der Waals surface area contributed by atoms with Gasteiger partial charge in [0, 0.05) is 25.6 Å². The van der Waals surface area contributed by atoms with E-state index in [0.29, 0.717) is 5.92 Å². The second-order valence-corrected chi connectivity index (χ2v) is 6.11. The Hall–Kier alpha value is -0.820. The number of guanidine groups is 1. The summed E-state index contributed by atoms with van der Waals surface area (Å²) in [6.45, 7) is 10.2. The molecular weight excluding hydrogens is 399 g/mol. The van der Waals surface area contributed by atoms with Crippen LogP contribution >= 0.6 is 24.0 Å². The third kappa shape index (κ3) is 9.81. The van der Waals surface area contributed by atoms with Gasteiger partial charge in [0.05, 0.1) is 0 Å². The van der Waals surface area contributed by atoms with Gasteiger partial charge in [-0.15, -0.1) is 24.0 Å². The van der Waals surface area contributed by atoms with Crippen molar-refractivity contribution in [2.45, 2.75) is 33.1 Å². The first kappa shape index (κ1) is 22.2. The first-order valence-electron chi connectivity index (χ1n) is 8.26. The highest BCUT2D eigenvalue weighted by atomic mass is 127. The van der Waals surface area contributed by atoms with Gasteiger partial charge >= 0.3 is 0 Å². The van der Waals surface area contributed by atoms with Crippen LogP contribution in [0, 0.1) is 6.92 Å². The molecule has 1 unspecified atom stereocenters. The molecule has 0 aromatic heterocycles. The minimum Gasteiger partial charge on any atom is -0.357 e. The molecule has 0 aliphatic rings. The van der Waals surface area contributed by atoms with Gasteiger partial charge in [-0.05, 0) is 46.5 Å². The number of nitrogens with zero attached hydrogens (tertiary/aromatic N) is 2. The molecule has 1 atom stereocenters. The summed E-state index contributed by atoms with van der Waals surface area (Å²) in [5.41, 5.74) is 2.65. The Balaban J connectivity index is 0.00000484. The van der Waals surface area contributed by atoms with E-state index >= 15 is 0 Å². The van der Waals surface area contributed by atoms with Crippen molar-refractivity contribution in [1.29, 1.82) is 0 Å². The predicted molar refractivity (Wildman–Crippen MR) is 112 cm³/mol. The fourth-order valence-corrected chi connectivity index (χ4v) is 2.17. The van der Waals surface area contributed by atoms with Gasteiger partial charge in [0.25, 0.3) is 0 Å². The Labute approximate surface area is 159 Å². The van der Waals surface area contributed by atoms with Crippen molar-refractivity contribution in [3.8, 4) is 0 Å². The molecular formula is C18H33IN4. The molecule has 0 saturated carbocycles. The van der Waals surface area contributed by atoms with E-state index in [2.05, 4.69) is 74.7 Å². The number of hydrogen-bond acceptors (Lipinski definition) is 2. The van der Waals surface area contributed by atoms with Gasteiger partial charge in [-0.25, -0.2) is 0 Å². The second kappa shape index (κ2) is 12.6. The van der Waals surface area contributed by atoms with Crippen LogP contribution in [0.2, 0.25) is 0 Å². The van der Waals surface area contributed by atoms with E-state index in [-0.39, 0.29) is 24.0 Å². The molecule has 0 aliphatic heterocycles. The van der Waals surface area contributed by atoms with Crippen molar-refractivity contribution in [2.75, 3.05) is 40.3 Å². The SMILES string of the molecule is CCNC(=NCC(C)c1ccc(C)cc1)NCCCN(C)C.I. The Bertz CT molecular complexity index is 443. The Morgan fingerprint density at radius 3 is 2.39 bits per heavy atom. The molecule has 0 bridgehead atoms. The summed E-state index contributed by atoms with van der Waals surface area (Å²) in [6.07, 6.45) is 1.12. The topological polar surface area (TPSA) is 39.7 Å². The van der Waals surface area contributed by atoms with Crippen LogP contribution in [-0.2, 0) is 0 Å². The molecule has 1 aromatic carbocycles. The number of benzene rings is 1. The van der Waals surface area contributed by atoms with Crippen LogP contribution in [0.15, 0.2) is 29.3 Å². The predicted octanol–water partition coefficient (Wildman–Crippen LogP) is 3.22. The van der Waals surface area contributed by atoms with Crippen molar-refractivity contribution in [1.82, 2.24) is 15.5 Å². The van der Waals surface area contributed by atoms with E-state index in [1.165, 1.54) is 11.1 Å². The van der Waals surface area contributed by atoms with Gasteiger partial charge in [-0.3, -0.25) is 4.99 Å². The van der Waals surface area contributed by atoms with Crippen molar-refractivity contribution < 1.29 is 0 Å². The number of aliphatic imine (C=N–C) groups is 1. The van der Waals surface area contributed by atoms with Gasteiger partial charge in [-0.2, -0.15) is 0 Å². The maximum absolute atomic E-state index is 4.71. The van der Waals surface area contributed by atoms with Crippen LogP contribution in [-0.4, -0.2) is 51.1 Å². The number of aryl methyl sites for hydroxylation is 1. The van der Waals surface area contributed by atoms with Crippen LogP contribution in [0.4, 0.5) is 0 Å². The van der Waals surface area contributed by atoms with E-state index in [4.69, 9.17) is 4.99 Å². The first-order valence-corrected chi connectivity index (χ1v) is 8.26. The van der Waals surface area contributed by atoms with Gasteiger partial charge in [0.2, 0.25) is 0 Å². The first-order chi connectivity index (χ1) is 10.5. The van der Waals surface area contributed by atoms with Crippen molar-refractivity contribution in [2.24, 2.45) is 4.99 Å². The molecule has 0 fully saturated rings. The third-order valence-corrected chi connectivity index (χ3v) is 3.59. The highest BCUT2D eigenvalue weighted by Gasteiger charge is 2.05. The smallest absolute Gasteiger partial charge is 0.191 e. The highest BCUT2D eigenvalue weighted by molar-refractivity contribution is 14.0. The van der Waals surface area contributed by atoms with Crippen LogP contribution in [0.1, 0.15) is 37.3 Å². The minimum absolute atomic E-state index is 0. The average molecular weight is 432 g/mol. The monoisotopic (exact) mass is 432 g/mol. The average Bonchev–Trinajstić information content (AvgIpc) is 2.49. The molecule has 5 heteroatoms. The Kier molecular flexibility index (Phi) is 12.1. The van der Waals surface area contributed by atoms with Gasteiger partial charge in [0.1, 0.15) is 0 Å². The Morgan fingerprint density at radius 1 is 1.17 bits per heavy atom. The van der Waals surface area contributed by atoms with Gasteiger partial charge in [-0.1, -0.05) is 36.8 Å². The minimum atomic E-state index is 0.